The summed E-state index contributed by atoms with van der Waals surface area (Å²) in [6, 6.07) is 27.7. The van der Waals surface area contributed by atoms with Crippen molar-refractivity contribution in [3.63, 3.8) is 0 Å². The molecule has 0 spiro atoms. The first-order valence-electron chi connectivity index (χ1n) is 14.2. The molecule has 1 aliphatic heterocycles. The Hall–Kier alpha value is -3.03. The molecule has 4 aromatic rings. The van der Waals surface area contributed by atoms with Gasteiger partial charge < -0.3 is 14.4 Å². The third-order valence-corrected chi connectivity index (χ3v) is 9.90. The summed E-state index contributed by atoms with van der Waals surface area (Å²) in [4.78, 5) is 2.96. The average Bonchev–Trinajstić information content (AvgIpc) is 3.84. The summed E-state index contributed by atoms with van der Waals surface area (Å²) in [6.07, 6.45) is 4.38. The lowest BCUT2D eigenvalue weighted by Crippen LogP contribution is -2.28. The van der Waals surface area contributed by atoms with Crippen LogP contribution in [0.25, 0.3) is 0 Å². The van der Waals surface area contributed by atoms with Crippen molar-refractivity contribution in [2.24, 2.45) is 5.92 Å². The van der Waals surface area contributed by atoms with Gasteiger partial charge in [0.2, 0.25) is 9.84 Å². The van der Waals surface area contributed by atoms with Gasteiger partial charge in [0.15, 0.2) is 0 Å². The van der Waals surface area contributed by atoms with E-state index >= 15 is 0 Å². The summed E-state index contributed by atoms with van der Waals surface area (Å²) >= 11 is 5.97. The Labute approximate surface area is 259 Å². The minimum absolute atomic E-state index is 0. The zero-order chi connectivity index (χ0) is 28.2. The van der Waals surface area contributed by atoms with E-state index in [2.05, 4.69) is 4.90 Å². The van der Waals surface area contributed by atoms with E-state index in [9.17, 15) is 8.42 Å². The van der Waals surface area contributed by atoms with E-state index in [0.717, 1.165) is 55.1 Å². The molecule has 8 heteroatoms. The Kier molecular flexibility index (Phi) is 9.79. The van der Waals surface area contributed by atoms with Gasteiger partial charge >= 0.3 is 0 Å². The Morgan fingerprint density at radius 2 is 1.38 bits per heavy atom. The smallest absolute Gasteiger partial charge is 0.210 e. The normalized spacial score (nSPS) is 15.3. The van der Waals surface area contributed by atoms with Gasteiger partial charge in [-0.1, -0.05) is 54.1 Å². The van der Waals surface area contributed by atoms with Crippen LogP contribution in [0, 0.1) is 5.92 Å². The Morgan fingerprint density at radius 3 is 2.05 bits per heavy atom. The number of fused-ring (bicyclic) bond motifs is 1. The van der Waals surface area contributed by atoms with Crippen molar-refractivity contribution in [1.82, 2.24) is 4.90 Å². The van der Waals surface area contributed by atoms with Gasteiger partial charge in [-0.25, -0.2) is 8.42 Å². The maximum Gasteiger partial charge on any atom is 0.210 e. The standard InChI is InChI=1S/C34H34ClNO4S.ClH/c35-30-10-8-27(9-11-30)23-39-31-12-14-32(15-13-31)41(37,38)34-21-29-17-19-36(22-25-6-7-25)18-16-28(29)20-33(34)40-24-26-4-2-1-3-5-26;/h1-5,8-15,20-21,25H,6-7,16-19,22-24H2;1H. The summed E-state index contributed by atoms with van der Waals surface area (Å²) in [5.41, 5.74) is 4.24. The highest BCUT2D eigenvalue weighted by Gasteiger charge is 2.28. The fraction of sp³-hybridized carbons (Fsp3) is 0.294. The van der Waals surface area contributed by atoms with Crippen LogP contribution in [0.2, 0.25) is 5.02 Å². The molecule has 4 aromatic carbocycles. The van der Waals surface area contributed by atoms with Gasteiger partial charge in [-0.05, 0) is 102 Å². The van der Waals surface area contributed by atoms with Crippen molar-refractivity contribution in [1.29, 1.82) is 0 Å². The van der Waals surface area contributed by atoms with E-state index in [1.807, 2.05) is 66.7 Å². The third kappa shape index (κ3) is 7.48. The molecule has 220 valence electrons. The van der Waals surface area contributed by atoms with Crippen molar-refractivity contribution < 1.29 is 17.9 Å². The lowest BCUT2D eigenvalue weighted by molar-refractivity contribution is 0.276. The summed E-state index contributed by atoms with van der Waals surface area (Å²) in [7, 11) is -3.84. The second-order valence-electron chi connectivity index (χ2n) is 11.0. The highest BCUT2D eigenvalue weighted by atomic mass is 35.5. The third-order valence-electron chi connectivity index (χ3n) is 7.85. The molecule has 1 fully saturated rings. The van der Waals surface area contributed by atoms with Crippen LogP contribution in [0.3, 0.4) is 0 Å². The zero-order valence-electron chi connectivity index (χ0n) is 23.4. The van der Waals surface area contributed by atoms with Gasteiger partial charge in [-0.3, -0.25) is 0 Å². The van der Waals surface area contributed by atoms with Gasteiger partial charge in [0.05, 0.1) is 4.90 Å². The number of hydrogen-bond acceptors (Lipinski definition) is 5. The molecule has 0 radical (unpaired) electrons. The number of nitrogens with zero attached hydrogens (tertiary/aromatic N) is 1. The van der Waals surface area contributed by atoms with Crippen molar-refractivity contribution in [2.45, 2.75) is 48.7 Å². The Morgan fingerprint density at radius 1 is 0.762 bits per heavy atom. The Bertz CT molecular complexity index is 1590. The lowest BCUT2D eigenvalue weighted by Gasteiger charge is -2.18. The second-order valence-corrected chi connectivity index (χ2v) is 13.3. The summed E-state index contributed by atoms with van der Waals surface area (Å²) in [5.74, 6) is 1.83. The van der Waals surface area contributed by atoms with Crippen molar-refractivity contribution in [3.8, 4) is 11.5 Å². The molecule has 0 aromatic heterocycles. The largest absolute Gasteiger partial charge is 0.489 e. The van der Waals surface area contributed by atoms with Gasteiger partial charge in [0, 0.05) is 24.7 Å². The quantitative estimate of drug-likeness (QED) is 0.182. The summed E-state index contributed by atoms with van der Waals surface area (Å²) < 4.78 is 40.2. The predicted molar refractivity (Wildman–Crippen MR) is 169 cm³/mol. The van der Waals surface area contributed by atoms with Gasteiger partial charge in [-0.15, -0.1) is 12.4 Å². The first kappa shape index (κ1) is 30.4. The molecule has 0 amide bonds. The molecule has 0 unspecified atom stereocenters. The maximum atomic E-state index is 14.0. The van der Waals surface area contributed by atoms with Crippen LogP contribution >= 0.6 is 24.0 Å². The Balaban J connectivity index is 0.00000353. The first-order valence-corrected chi connectivity index (χ1v) is 16.1. The van der Waals surface area contributed by atoms with Crippen LogP contribution in [-0.2, 0) is 35.9 Å². The zero-order valence-corrected chi connectivity index (χ0v) is 25.8. The molecule has 0 atom stereocenters. The van der Waals surface area contributed by atoms with E-state index in [-0.39, 0.29) is 22.2 Å². The first-order chi connectivity index (χ1) is 19.9. The fourth-order valence-corrected chi connectivity index (χ4v) is 6.83. The van der Waals surface area contributed by atoms with Crippen molar-refractivity contribution >= 4 is 33.8 Å². The van der Waals surface area contributed by atoms with Gasteiger partial charge in [-0.2, -0.15) is 0 Å². The highest BCUT2D eigenvalue weighted by molar-refractivity contribution is 7.91. The number of sulfone groups is 1. The lowest BCUT2D eigenvalue weighted by atomic mass is 10.0. The number of halogens is 2. The maximum absolute atomic E-state index is 14.0. The van der Waals surface area contributed by atoms with E-state index in [4.69, 9.17) is 21.1 Å². The van der Waals surface area contributed by atoms with Crippen molar-refractivity contribution in [3.05, 3.63) is 118 Å². The van der Waals surface area contributed by atoms with Gasteiger partial charge in [0.1, 0.15) is 29.6 Å². The topological polar surface area (TPSA) is 55.8 Å². The predicted octanol–water partition coefficient (Wildman–Crippen LogP) is 7.56. The van der Waals surface area contributed by atoms with E-state index < -0.39 is 9.84 Å². The van der Waals surface area contributed by atoms with Crippen LogP contribution in [0.1, 0.15) is 35.1 Å². The van der Waals surface area contributed by atoms with Crippen LogP contribution in [0.15, 0.2) is 101 Å². The van der Waals surface area contributed by atoms with Gasteiger partial charge in [0.25, 0.3) is 0 Å². The monoisotopic (exact) mass is 623 g/mol. The second kappa shape index (κ2) is 13.5. The molecule has 1 heterocycles. The SMILES string of the molecule is Cl.O=S(=O)(c1ccc(OCc2ccc(Cl)cc2)cc1)c1cc2c(cc1OCc1ccccc1)CCN(CC1CC1)CC2. The fourth-order valence-electron chi connectivity index (χ4n) is 5.27. The molecular formula is C34H35Cl2NO4S. The number of rotatable bonds is 10. The molecular weight excluding hydrogens is 589 g/mol. The van der Waals surface area contributed by atoms with E-state index in [1.165, 1.54) is 18.4 Å². The van der Waals surface area contributed by atoms with E-state index in [1.54, 1.807) is 24.3 Å². The van der Waals surface area contributed by atoms with Crippen LogP contribution in [-0.4, -0.2) is 33.0 Å². The molecule has 2 aliphatic rings. The van der Waals surface area contributed by atoms with Crippen LogP contribution in [0.5, 0.6) is 11.5 Å². The van der Waals surface area contributed by atoms with Crippen molar-refractivity contribution in [2.75, 3.05) is 19.6 Å². The molecule has 1 saturated carbocycles. The highest BCUT2D eigenvalue weighted by Crippen LogP contribution is 2.36. The number of hydrogen-bond donors (Lipinski definition) is 0. The summed E-state index contributed by atoms with van der Waals surface area (Å²) in [5, 5.41) is 0.670. The molecule has 6 rings (SSSR count). The number of ether oxygens (including phenoxy) is 2. The molecule has 0 N–H and O–H groups in total. The molecule has 1 aliphatic carbocycles. The molecule has 42 heavy (non-hydrogen) atoms. The van der Waals surface area contributed by atoms with E-state index in [0.29, 0.717) is 29.7 Å². The van der Waals surface area contributed by atoms with Crippen LogP contribution < -0.4 is 9.47 Å². The molecule has 0 bridgehead atoms. The molecule has 0 saturated heterocycles. The minimum atomic E-state index is -3.84. The molecule has 5 nitrogen and oxygen atoms in total. The van der Waals surface area contributed by atoms with Crippen LogP contribution in [0.4, 0.5) is 0 Å². The average molecular weight is 625 g/mol. The summed E-state index contributed by atoms with van der Waals surface area (Å²) in [6.45, 7) is 3.75. The number of benzene rings is 4. The minimum Gasteiger partial charge on any atom is -0.489 e.